The van der Waals surface area contributed by atoms with E-state index < -0.39 is 36.5 Å². The number of hydrogen-bond donors (Lipinski definition) is 2. The summed E-state index contributed by atoms with van der Waals surface area (Å²) in [5.41, 5.74) is -3.08. The van der Waals surface area contributed by atoms with Crippen molar-refractivity contribution in [1.29, 1.82) is 0 Å². The summed E-state index contributed by atoms with van der Waals surface area (Å²) in [5, 5.41) is 14.5. The number of aromatic nitrogens is 3. The van der Waals surface area contributed by atoms with Gasteiger partial charge in [-0.2, -0.15) is 13.2 Å². The molecule has 11 heteroatoms. The average molecular weight is 378 g/mol. The molecule has 1 atom stereocenters. The number of imidazole rings is 1. The number of nitrogens with one attached hydrogen (secondary N) is 1. The Morgan fingerprint density at radius 1 is 1.48 bits per heavy atom. The zero-order chi connectivity index (χ0) is 18.7. The van der Waals surface area contributed by atoms with Gasteiger partial charge in [-0.1, -0.05) is 0 Å². The standard InChI is InChI=1S/C14H17F3N4O3S/c1-21-6-5-19-12(21)13(23,14(15,16)17)3-4-18-11(22)9-8-25-10(20-9)7-24-2/h5-6,8,23H,3-4,7H2,1-2H3,(H,18,22)/t13-/m0/s1. The maximum absolute atomic E-state index is 13.3. The van der Waals surface area contributed by atoms with E-state index >= 15 is 0 Å². The van der Waals surface area contributed by atoms with Crippen LogP contribution in [0.5, 0.6) is 0 Å². The number of ether oxygens (including phenoxy) is 1. The van der Waals surface area contributed by atoms with Crippen LogP contribution in [-0.2, 0) is 24.0 Å². The molecule has 0 bridgehead atoms. The molecule has 7 nitrogen and oxygen atoms in total. The first-order valence-corrected chi connectivity index (χ1v) is 8.05. The first-order valence-electron chi connectivity index (χ1n) is 7.17. The molecule has 0 fully saturated rings. The molecule has 0 spiro atoms. The highest BCUT2D eigenvalue weighted by Gasteiger charge is 2.57. The van der Waals surface area contributed by atoms with E-state index in [2.05, 4.69) is 15.3 Å². The first kappa shape index (κ1) is 19.3. The summed E-state index contributed by atoms with van der Waals surface area (Å²) in [6.07, 6.45) is -3.25. The fraction of sp³-hybridized carbons (Fsp3) is 0.500. The van der Waals surface area contributed by atoms with E-state index in [-0.39, 0.29) is 12.3 Å². The van der Waals surface area contributed by atoms with Gasteiger partial charge in [0, 0.05) is 44.9 Å². The third kappa shape index (κ3) is 4.17. The fourth-order valence-corrected chi connectivity index (χ4v) is 2.94. The van der Waals surface area contributed by atoms with E-state index in [0.29, 0.717) is 5.01 Å². The number of hydrogen-bond acceptors (Lipinski definition) is 6. The van der Waals surface area contributed by atoms with Crippen molar-refractivity contribution in [2.75, 3.05) is 13.7 Å². The van der Waals surface area contributed by atoms with Gasteiger partial charge in [0.15, 0.2) is 0 Å². The Bertz CT molecular complexity index is 731. The van der Waals surface area contributed by atoms with E-state index in [4.69, 9.17) is 4.74 Å². The molecule has 2 heterocycles. The molecule has 2 aromatic heterocycles. The van der Waals surface area contributed by atoms with E-state index in [1.807, 2.05) is 0 Å². The zero-order valence-corrected chi connectivity index (χ0v) is 14.3. The van der Waals surface area contributed by atoms with Crippen molar-refractivity contribution in [2.45, 2.75) is 24.8 Å². The molecule has 0 aliphatic carbocycles. The predicted octanol–water partition coefficient (Wildman–Crippen LogP) is 1.59. The number of alkyl halides is 3. The second-order valence-corrected chi connectivity index (χ2v) is 6.23. The summed E-state index contributed by atoms with van der Waals surface area (Å²) in [6, 6.07) is 0. The molecule has 0 saturated carbocycles. The van der Waals surface area contributed by atoms with E-state index in [9.17, 15) is 23.1 Å². The summed E-state index contributed by atoms with van der Waals surface area (Å²) < 4.78 is 46.0. The third-order valence-corrected chi connectivity index (χ3v) is 4.31. The van der Waals surface area contributed by atoms with Gasteiger partial charge >= 0.3 is 6.18 Å². The van der Waals surface area contributed by atoms with Gasteiger partial charge in [0.25, 0.3) is 5.91 Å². The Morgan fingerprint density at radius 2 is 2.20 bits per heavy atom. The summed E-state index contributed by atoms with van der Waals surface area (Å²) >= 11 is 1.21. The topological polar surface area (TPSA) is 89.3 Å². The van der Waals surface area contributed by atoms with Crippen molar-refractivity contribution in [3.63, 3.8) is 0 Å². The van der Waals surface area contributed by atoms with Crippen LogP contribution in [-0.4, -0.2) is 45.4 Å². The number of aryl methyl sites for hydroxylation is 1. The van der Waals surface area contributed by atoms with Crippen molar-refractivity contribution < 1.29 is 27.8 Å². The van der Waals surface area contributed by atoms with Gasteiger partial charge in [-0.05, 0) is 0 Å². The minimum absolute atomic E-state index is 0.0876. The number of aliphatic hydroxyl groups is 1. The number of nitrogens with zero attached hydrogens (tertiary/aromatic N) is 3. The normalized spacial score (nSPS) is 14.3. The lowest BCUT2D eigenvalue weighted by Crippen LogP contribution is -2.46. The van der Waals surface area contributed by atoms with Gasteiger partial charge < -0.3 is 19.7 Å². The maximum Gasteiger partial charge on any atom is 0.424 e. The van der Waals surface area contributed by atoms with Crippen LogP contribution >= 0.6 is 11.3 Å². The van der Waals surface area contributed by atoms with Crippen LogP contribution in [0.3, 0.4) is 0 Å². The fourth-order valence-electron chi connectivity index (χ4n) is 2.20. The molecule has 1 amide bonds. The van der Waals surface area contributed by atoms with Crippen LogP contribution in [0.25, 0.3) is 0 Å². The molecule has 0 saturated heterocycles. The zero-order valence-electron chi connectivity index (χ0n) is 13.5. The Hall–Kier alpha value is -1.98. The third-order valence-electron chi connectivity index (χ3n) is 3.48. The van der Waals surface area contributed by atoms with E-state index in [1.54, 1.807) is 0 Å². The summed E-state index contributed by atoms with van der Waals surface area (Å²) in [5.74, 6) is -1.16. The van der Waals surface area contributed by atoms with Crippen molar-refractivity contribution in [1.82, 2.24) is 19.9 Å². The number of rotatable bonds is 7. The second-order valence-electron chi connectivity index (χ2n) is 5.29. The molecule has 138 valence electrons. The molecular weight excluding hydrogens is 361 g/mol. The molecule has 2 N–H and O–H groups in total. The first-order chi connectivity index (χ1) is 11.7. The summed E-state index contributed by atoms with van der Waals surface area (Å²) in [6.45, 7) is -0.163. The number of amides is 1. The molecule has 0 radical (unpaired) electrons. The second kappa shape index (κ2) is 7.50. The SMILES string of the molecule is COCc1nc(C(=O)NCC[C@](O)(c2nccn2C)C(F)(F)F)cs1. The Balaban J connectivity index is 2.04. The average Bonchev–Trinajstić information content (AvgIpc) is 3.15. The van der Waals surface area contributed by atoms with Gasteiger partial charge in [0.05, 0.1) is 6.61 Å². The van der Waals surface area contributed by atoms with Crippen LogP contribution in [0.4, 0.5) is 13.2 Å². The van der Waals surface area contributed by atoms with Crippen LogP contribution in [0.15, 0.2) is 17.8 Å². The number of halogens is 3. The number of carbonyl (C=O) groups excluding carboxylic acids is 1. The lowest BCUT2D eigenvalue weighted by atomic mass is 9.97. The van der Waals surface area contributed by atoms with Crippen LogP contribution < -0.4 is 5.32 Å². The maximum atomic E-state index is 13.3. The van der Waals surface area contributed by atoms with Gasteiger partial charge in [-0.25, -0.2) is 9.97 Å². The Morgan fingerprint density at radius 3 is 2.76 bits per heavy atom. The highest BCUT2D eigenvalue weighted by molar-refractivity contribution is 7.09. The molecular formula is C14H17F3N4O3S. The Kier molecular flexibility index (Phi) is 5.80. The Labute approximate surface area is 145 Å². The molecule has 0 aliphatic heterocycles. The quantitative estimate of drug-likeness (QED) is 0.764. The summed E-state index contributed by atoms with van der Waals surface area (Å²) in [7, 11) is 2.83. The molecule has 2 aromatic rings. The lowest BCUT2D eigenvalue weighted by molar-refractivity contribution is -0.272. The smallest absolute Gasteiger partial charge is 0.378 e. The number of carbonyl (C=O) groups is 1. The lowest BCUT2D eigenvalue weighted by Gasteiger charge is -2.29. The van der Waals surface area contributed by atoms with E-state index in [0.717, 1.165) is 10.8 Å². The van der Waals surface area contributed by atoms with Gasteiger partial charge in [0.1, 0.15) is 16.5 Å². The van der Waals surface area contributed by atoms with Crippen molar-refractivity contribution >= 4 is 17.2 Å². The van der Waals surface area contributed by atoms with Crippen LogP contribution in [0, 0.1) is 0 Å². The molecule has 0 unspecified atom stereocenters. The minimum atomic E-state index is -4.94. The van der Waals surface area contributed by atoms with Gasteiger partial charge in [-0.15, -0.1) is 11.3 Å². The molecule has 2 rings (SSSR count). The molecule has 0 aromatic carbocycles. The predicted molar refractivity (Wildman–Crippen MR) is 82.9 cm³/mol. The largest absolute Gasteiger partial charge is 0.424 e. The highest BCUT2D eigenvalue weighted by Crippen LogP contribution is 2.40. The van der Waals surface area contributed by atoms with E-state index in [1.165, 1.54) is 37.1 Å². The van der Waals surface area contributed by atoms with Crippen molar-refractivity contribution in [2.24, 2.45) is 7.05 Å². The highest BCUT2D eigenvalue weighted by atomic mass is 32.1. The van der Waals surface area contributed by atoms with Crippen LogP contribution in [0.1, 0.15) is 27.7 Å². The minimum Gasteiger partial charge on any atom is -0.378 e. The monoisotopic (exact) mass is 378 g/mol. The van der Waals surface area contributed by atoms with Crippen molar-refractivity contribution in [3.05, 3.63) is 34.3 Å². The van der Waals surface area contributed by atoms with Gasteiger partial charge in [-0.3, -0.25) is 4.79 Å². The molecule has 0 aliphatic rings. The summed E-state index contributed by atoms with van der Waals surface area (Å²) in [4.78, 5) is 19.6. The number of methoxy groups -OCH3 is 1. The van der Waals surface area contributed by atoms with Gasteiger partial charge in [0.2, 0.25) is 5.60 Å². The van der Waals surface area contributed by atoms with Crippen LogP contribution in [0.2, 0.25) is 0 Å². The number of thiazole rings is 1. The molecule has 25 heavy (non-hydrogen) atoms. The van der Waals surface area contributed by atoms with Crippen molar-refractivity contribution in [3.8, 4) is 0 Å².